The van der Waals surface area contributed by atoms with Crippen molar-refractivity contribution in [3.05, 3.63) is 109 Å². The van der Waals surface area contributed by atoms with Crippen LogP contribution in [0.1, 0.15) is 26.3 Å². The summed E-state index contributed by atoms with van der Waals surface area (Å²) in [5.41, 5.74) is 6.69. The van der Waals surface area contributed by atoms with Gasteiger partial charge in [-0.3, -0.25) is 0 Å². The molecule has 5 rings (SSSR count). The minimum atomic E-state index is 0.153. The molecular formula is C30H26. The lowest BCUT2D eigenvalue weighted by molar-refractivity contribution is 0.590. The lowest BCUT2D eigenvalue weighted by Gasteiger charge is -2.21. The van der Waals surface area contributed by atoms with Gasteiger partial charge in [0.2, 0.25) is 0 Å². The standard InChI is InChI=1S/C30H26/c1-30(2,3)23-19-17-22(18-20-23)29-26-15-9-7-13-24(26)28(21-11-5-4-6-12-21)25-14-8-10-16-27(25)29/h4-20H,1-3H3. The van der Waals surface area contributed by atoms with Gasteiger partial charge >= 0.3 is 0 Å². The van der Waals surface area contributed by atoms with Crippen LogP contribution in [0.5, 0.6) is 0 Å². The monoisotopic (exact) mass is 386 g/mol. The lowest BCUT2D eigenvalue weighted by Crippen LogP contribution is -2.10. The van der Waals surface area contributed by atoms with Gasteiger partial charge in [0.1, 0.15) is 0 Å². The molecule has 5 aromatic carbocycles. The maximum absolute atomic E-state index is 2.29. The fourth-order valence-corrected chi connectivity index (χ4v) is 4.49. The Hall–Kier alpha value is -3.38. The van der Waals surface area contributed by atoms with Gasteiger partial charge in [-0.2, -0.15) is 0 Å². The molecule has 0 heterocycles. The van der Waals surface area contributed by atoms with Crippen LogP contribution in [-0.4, -0.2) is 0 Å². The molecular weight excluding hydrogens is 360 g/mol. The second-order valence-electron chi connectivity index (χ2n) is 9.03. The zero-order valence-corrected chi connectivity index (χ0v) is 17.8. The van der Waals surface area contributed by atoms with Crippen molar-refractivity contribution in [2.24, 2.45) is 0 Å². The zero-order valence-electron chi connectivity index (χ0n) is 17.8. The Morgan fingerprint density at radius 3 is 1.17 bits per heavy atom. The predicted molar refractivity (Wildman–Crippen MR) is 131 cm³/mol. The molecule has 0 atom stereocenters. The molecule has 0 nitrogen and oxygen atoms in total. The zero-order chi connectivity index (χ0) is 20.7. The summed E-state index contributed by atoms with van der Waals surface area (Å²) in [4.78, 5) is 0. The van der Waals surface area contributed by atoms with Crippen molar-refractivity contribution >= 4 is 21.5 Å². The Labute approximate surface area is 178 Å². The molecule has 0 aliphatic heterocycles. The summed E-state index contributed by atoms with van der Waals surface area (Å²) in [5.74, 6) is 0. The van der Waals surface area contributed by atoms with Crippen LogP contribution in [0.15, 0.2) is 103 Å². The first kappa shape index (κ1) is 18.6. The molecule has 146 valence electrons. The first-order valence-corrected chi connectivity index (χ1v) is 10.6. The van der Waals surface area contributed by atoms with Crippen LogP contribution in [0.4, 0.5) is 0 Å². The van der Waals surface area contributed by atoms with Crippen LogP contribution in [-0.2, 0) is 5.41 Å². The fraction of sp³-hybridized carbons (Fsp3) is 0.133. The van der Waals surface area contributed by atoms with Crippen molar-refractivity contribution in [1.29, 1.82) is 0 Å². The first-order chi connectivity index (χ1) is 14.5. The summed E-state index contributed by atoms with van der Waals surface area (Å²) in [6.07, 6.45) is 0. The quantitative estimate of drug-likeness (QED) is 0.266. The van der Waals surface area contributed by atoms with Crippen molar-refractivity contribution in [1.82, 2.24) is 0 Å². The third kappa shape index (κ3) is 3.09. The van der Waals surface area contributed by atoms with Gasteiger partial charge in [-0.25, -0.2) is 0 Å². The van der Waals surface area contributed by atoms with Crippen molar-refractivity contribution in [3.63, 3.8) is 0 Å². The number of fused-ring (bicyclic) bond motifs is 2. The minimum Gasteiger partial charge on any atom is -0.0622 e. The van der Waals surface area contributed by atoms with E-state index in [9.17, 15) is 0 Å². The second-order valence-corrected chi connectivity index (χ2v) is 9.03. The molecule has 0 saturated heterocycles. The molecule has 0 fully saturated rings. The van der Waals surface area contributed by atoms with Crippen molar-refractivity contribution in [2.75, 3.05) is 0 Å². The van der Waals surface area contributed by atoms with Crippen LogP contribution in [0.3, 0.4) is 0 Å². The third-order valence-corrected chi connectivity index (χ3v) is 6.03. The maximum atomic E-state index is 2.29. The van der Waals surface area contributed by atoms with Crippen molar-refractivity contribution < 1.29 is 0 Å². The Kier molecular flexibility index (Phi) is 4.44. The highest BCUT2D eigenvalue weighted by atomic mass is 14.2. The van der Waals surface area contributed by atoms with Crippen LogP contribution in [0.25, 0.3) is 43.8 Å². The third-order valence-electron chi connectivity index (χ3n) is 6.03. The van der Waals surface area contributed by atoms with Crippen molar-refractivity contribution in [2.45, 2.75) is 26.2 Å². The molecule has 0 N–H and O–H groups in total. The van der Waals surface area contributed by atoms with Crippen molar-refractivity contribution in [3.8, 4) is 22.3 Å². The Morgan fingerprint density at radius 1 is 0.400 bits per heavy atom. The topological polar surface area (TPSA) is 0 Å². The molecule has 0 aromatic heterocycles. The molecule has 30 heavy (non-hydrogen) atoms. The van der Waals surface area contributed by atoms with E-state index < -0.39 is 0 Å². The summed E-state index contributed by atoms with van der Waals surface area (Å²) < 4.78 is 0. The summed E-state index contributed by atoms with van der Waals surface area (Å²) in [5, 5.41) is 5.21. The lowest BCUT2D eigenvalue weighted by atomic mass is 9.83. The second kappa shape index (κ2) is 7.15. The average molecular weight is 387 g/mol. The molecule has 0 amide bonds. The molecule has 5 aromatic rings. The van der Waals surface area contributed by atoms with E-state index in [1.807, 2.05) is 0 Å². The van der Waals surface area contributed by atoms with E-state index in [-0.39, 0.29) is 5.41 Å². The smallest absolute Gasteiger partial charge is 0.00264 e. The number of hydrogen-bond acceptors (Lipinski definition) is 0. The molecule has 0 heteroatoms. The number of hydrogen-bond donors (Lipinski definition) is 0. The largest absolute Gasteiger partial charge is 0.0622 e. The minimum absolute atomic E-state index is 0.153. The molecule has 0 aliphatic rings. The van der Waals surface area contributed by atoms with Gasteiger partial charge in [0.05, 0.1) is 0 Å². The number of rotatable bonds is 2. The van der Waals surface area contributed by atoms with E-state index in [2.05, 4.69) is 124 Å². The van der Waals surface area contributed by atoms with E-state index in [1.54, 1.807) is 0 Å². The van der Waals surface area contributed by atoms with E-state index in [4.69, 9.17) is 0 Å². The molecule has 0 unspecified atom stereocenters. The Bertz CT molecular complexity index is 1280. The molecule has 0 radical (unpaired) electrons. The summed E-state index contributed by atoms with van der Waals surface area (Å²) >= 11 is 0. The van der Waals surface area contributed by atoms with E-state index in [0.717, 1.165) is 0 Å². The van der Waals surface area contributed by atoms with Gasteiger partial charge in [0, 0.05) is 0 Å². The Morgan fingerprint density at radius 2 is 0.767 bits per heavy atom. The highest BCUT2D eigenvalue weighted by Crippen LogP contribution is 2.43. The highest BCUT2D eigenvalue weighted by molar-refractivity contribution is 6.21. The molecule has 0 spiro atoms. The highest BCUT2D eigenvalue weighted by Gasteiger charge is 2.17. The fourth-order valence-electron chi connectivity index (χ4n) is 4.49. The average Bonchev–Trinajstić information content (AvgIpc) is 2.77. The van der Waals surface area contributed by atoms with Gasteiger partial charge in [-0.15, -0.1) is 0 Å². The normalized spacial score (nSPS) is 11.8. The summed E-state index contributed by atoms with van der Waals surface area (Å²) in [6, 6.07) is 37.6. The number of benzene rings is 5. The molecule has 0 saturated carbocycles. The summed E-state index contributed by atoms with van der Waals surface area (Å²) in [6.45, 7) is 6.80. The van der Waals surface area contributed by atoms with Gasteiger partial charge in [0.15, 0.2) is 0 Å². The van der Waals surface area contributed by atoms with Gasteiger partial charge < -0.3 is 0 Å². The van der Waals surface area contributed by atoms with Crippen LogP contribution in [0.2, 0.25) is 0 Å². The van der Waals surface area contributed by atoms with Crippen LogP contribution in [0, 0.1) is 0 Å². The first-order valence-electron chi connectivity index (χ1n) is 10.6. The van der Waals surface area contributed by atoms with E-state index in [1.165, 1.54) is 49.4 Å². The Balaban J connectivity index is 1.88. The van der Waals surface area contributed by atoms with Gasteiger partial charge in [-0.1, -0.05) is 124 Å². The maximum Gasteiger partial charge on any atom is -0.00264 e. The van der Waals surface area contributed by atoms with E-state index in [0.29, 0.717) is 0 Å². The van der Waals surface area contributed by atoms with Crippen LogP contribution >= 0.6 is 0 Å². The van der Waals surface area contributed by atoms with Gasteiger partial charge in [-0.05, 0) is 54.8 Å². The van der Waals surface area contributed by atoms with E-state index >= 15 is 0 Å². The van der Waals surface area contributed by atoms with Crippen LogP contribution < -0.4 is 0 Å². The predicted octanol–water partition coefficient (Wildman–Crippen LogP) is 8.62. The molecule has 0 bridgehead atoms. The summed E-state index contributed by atoms with van der Waals surface area (Å²) in [7, 11) is 0. The van der Waals surface area contributed by atoms with Gasteiger partial charge in [0.25, 0.3) is 0 Å². The SMILES string of the molecule is CC(C)(C)c1ccc(-c2c3ccccc3c(-c3ccccc3)c3ccccc23)cc1. The molecule has 0 aliphatic carbocycles.